The molecule has 1 aliphatic rings. The van der Waals surface area contributed by atoms with Crippen LogP contribution in [0.4, 0.5) is 0 Å². The van der Waals surface area contributed by atoms with Crippen molar-refractivity contribution in [3.05, 3.63) is 34.9 Å². The lowest BCUT2D eigenvalue weighted by atomic mass is 9.79. The summed E-state index contributed by atoms with van der Waals surface area (Å²) in [6, 6.07) is 7.31. The van der Waals surface area contributed by atoms with E-state index in [9.17, 15) is 0 Å². The van der Waals surface area contributed by atoms with Crippen molar-refractivity contribution in [1.29, 1.82) is 0 Å². The van der Waals surface area contributed by atoms with Gasteiger partial charge in [0.1, 0.15) is 0 Å². The van der Waals surface area contributed by atoms with Gasteiger partial charge in [0.15, 0.2) is 0 Å². The van der Waals surface area contributed by atoms with Crippen LogP contribution in [0.25, 0.3) is 0 Å². The maximum absolute atomic E-state index is 3.75. The molecule has 1 N–H and O–H groups in total. The van der Waals surface area contributed by atoms with Crippen molar-refractivity contribution in [2.24, 2.45) is 5.92 Å². The van der Waals surface area contributed by atoms with E-state index in [0.29, 0.717) is 6.04 Å². The molecule has 0 radical (unpaired) electrons. The van der Waals surface area contributed by atoms with Crippen LogP contribution >= 0.6 is 0 Å². The van der Waals surface area contributed by atoms with Gasteiger partial charge in [0.25, 0.3) is 0 Å². The fraction of sp³-hybridized carbons (Fsp3) is 0.647. The number of hydrogen-bond acceptors (Lipinski definition) is 1. The van der Waals surface area contributed by atoms with Gasteiger partial charge in [-0.3, -0.25) is 0 Å². The largest absolute Gasteiger partial charge is 0.310 e. The zero-order valence-corrected chi connectivity index (χ0v) is 12.1. The smallest absolute Gasteiger partial charge is 0.0325 e. The first-order valence-corrected chi connectivity index (χ1v) is 7.52. The summed E-state index contributed by atoms with van der Waals surface area (Å²) in [5.74, 6) is 0.958. The molecule has 0 amide bonds. The van der Waals surface area contributed by atoms with Gasteiger partial charge in [-0.2, -0.15) is 0 Å². The minimum Gasteiger partial charge on any atom is -0.310 e. The highest BCUT2D eigenvalue weighted by molar-refractivity contribution is 5.35. The molecule has 1 fully saturated rings. The standard InChI is InChI=1S/C17H27N/c1-4-11-18-17(12-15-8-6-9-15)16-10-5-7-13(2)14(16)3/h5,7,10,15,17-18H,4,6,8-9,11-12H2,1-3H3. The highest BCUT2D eigenvalue weighted by Crippen LogP contribution is 2.35. The van der Waals surface area contributed by atoms with E-state index in [2.05, 4.69) is 44.3 Å². The van der Waals surface area contributed by atoms with Crippen LogP contribution in [0.15, 0.2) is 18.2 Å². The molecule has 0 saturated heterocycles. The summed E-state index contributed by atoms with van der Waals surface area (Å²) < 4.78 is 0. The van der Waals surface area contributed by atoms with E-state index in [1.165, 1.54) is 48.8 Å². The summed E-state index contributed by atoms with van der Waals surface area (Å²) >= 11 is 0. The lowest BCUT2D eigenvalue weighted by molar-refractivity contribution is 0.261. The van der Waals surface area contributed by atoms with Crippen molar-refractivity contribution in [1.82, 2.24) is 5.32 Å². The molecule has 18 heavy (non-hydrogen) atoms. The van der Waals surface area contributed by atoms with E-state index in [1.807, 2.05) is 0 Å². The maximum Gasteiger partial charge on any atom is 0.0325 e. The predicted molar refractivity (Wildman–Crippen MR) is 78.9 cm³/mol. The van der Waals surface area contributed by atoms with Gasteiger partial charge in [-0.05, 0) is 55.8 Å². The minimum absolute atomic E-state index is 0.565. The second-order valence-corrected chi connectivity index (χ2v) is 5.83. The highest BCUT2D eigenvalue weighted by Gasteiger charge is 2.23. The molecule has 1 saturated carbocycles. The zero-order valence-electron chi connectivity index (χ0n) is 12.1. The lowest BCUT2D eigenvalue weighted by Crippen LogP contribution is -2.27. The molecule has 1 nitrogen and oxygen atoms in total. The Kier molecular flexibility index (Phi) is 4.82. The molecule has 1 atom stereocenters. The molecule has 0 aliphatic heterocycles. The second-order valence-electron chi connectivity index (χ2n) is 5.83. The molecule has 2 rings (SSSR count). The molecular weight excluding hydrogens is 218 g/mol. The van der Waals surface area contributed by atoms with Crippen LogP contribution in [-0.2, 0) is 0 Å². The van der Waals surface area contributed by atoms with Gasteiger partial charge < -0.3 is 5.32 Å². The van der Waals surface area contributed by atoms with Gasteiger partial charge in [0, 0.05) is 6.04 Å². The third-order valence-electron chi connectivity index (χ3n) is 4.46. The molecule has 0 aromatic heterocycles. The maximum atomic E-state index is 3.75. The van der Waals surface area contributed by atoms with E-state index < -0.39 is 0 Å². The average Bonchev–Trinajstić information content (AvgIpc) is 2.31. The Bertz CT molecular complexity index is 379. The van der Waals surface area contributed by atoms with Gasteiger partial charge in [0.05, 0.1) is 0 Å². The Morgan fingerprint density at radius 1 is 1.28 bits per heavy atom. The van der Waals surface area contributed by atoms with Crippen molar-refractivity contribution in [3.8, 4) is 0 Å². The monoisotopic (exact) mass is 245 g/mol. The van der Waals surface area contributed by atoms with E-state index in [0.717, 1.165) is 12.5 Å². The Morgan fingerprint density at radius 3 is 2.67 bits per heavy atom. The minimum atomic E-state index is 0.565. The summed E-state index contributed by atoms with van der Waals surface area (Å²) in [4.78, 5) is 0. The Morgan fingerprint density at radius 2 is 2.06 bits per heavy atom. The quantitative estimate of drug-likeness (QED) is 0.776. The first-order valence-electron chi connectivity index (χ1n) is 7.52. The Balaban J connectivity index is 2.12. The van der Waals surface area contributed by atoms with Gasteiger partial charge in [-0.15, -0.1) is 0 Å². The van der Waals surface area contributed by atoms with E-state index in [1.54, 1.807) is 0 Å². The fourth-order valence-electron chi connectivity index (χ4n) is 2.85. The summed E-state index contributed by atoms with van der Waals surface area (Å²) in [6.45, 7) is 7.87. The molecule has 1 heteroatoms. The van der Waals surface area contributed by atoms with Crippen LogP contribution in [-0.4, -0.2) is 6.54 Å². The number of hydrogen-bond donors (Lipinski definition) is 1. The topological polar surface area (TPSA) is 12.0 Å². The van der Waals surface area contributed by atoms with Gasteiger partial charge in [-0.25, -0.2) is 0 Å². The summed E-state index contributed by atoms with van der Waals surface area (Å²) in [5.41, 5.74) is 4.42. The highest BCUT2D eigenvalue weighted by atomic mass is 14.9. The van der Waals surface area contributed by atoms with E-state index in [-0.39, 0.29) is 0 Å². The van der Waals surface area contributed by atoms with Gasteiger partial charge >= 0.3 is 0 Å². The van der Waals surface area contributed by atoms with Crippen molar-refractivity contribution in [2.45, 2.75) is 58.9 Å². The van der Waals surface area contributed by atoms with Gasteiger partial charge in [0.2, 0.25) is 0 Å². The number of rotatable bonds is 6. The summed E-state index contributed by atoms with van der Waals surface area (Å²) in [6.07, 6.45) is 6.86. The fourth-order valence-corrected chi connectivity index (χ4v) is 2.85. The summed E-state index contributed by atoms with van der Waals surface area (Å²) in [7, 11) is 0. The molecule has 0 heterocycles. The molecule has 0 spiro atoms. The van der Waals surface area contributed by atoms with Crippen LogP contribution in [0.2, 0.25) is 0 Å². The average molecular weight is 245 g/mol. The first kappa shape index (κ1) is 13.6. The van der Waals surface area contributed by atoms with E-state index >= 15 is 0 Å². The third-order valence-corrected chi connectivity index (χ3v) is 4.46. The van der Waals surface area contributed by atoms with Crippen LogP contribution in [0, 0.1) is 19.8 Å². The molecule has 1 unspecified atom stereocenters. The van der Waals surface area contributed by atoms with Crippen LogP contribution in [0.3, 0.4) is 0 Å². The van der Waals surface area contributed by atoms with Crippen LogP contribution < -0.4 is 5.32 Å². The zero-order chi connectivity index (χ0) is 13.0. The lowest BCUT2D eigenvalue weighted by Gasteiger charge is -2.31. The second kappa shape index (κ2) is 6.38. The van der Waals surface area contributed by atoms with Gasteiger partial charge in [-0.1, -0.05) is 44.4 Å². The molecular formula is C17H27N. The first-order chi connectivity index (χ1) is 8.72. The normalized spacial score (nSPS) is 17.5. The SMILES string of the molecule is CCCNC(CC1CCC1)c1cccc(C)c1C. The van der Waals surface area contributed by atoms with Crippen LogP contribution in [0.1, 0.15) is 61.8 Å². The Labute approximate surface area is 112 Å². The van der Waals surface area contributed by atoms with Crippen molar-refractivity contribution in [3.63, 3.8) is 0 Å². The summed E-state index contributed by atoms with van der Waals surface area (Å²) in [5, 5.41) is 3.75. The molecule has 100 valence electrons. The third kappa shape index (κ3) is 3.14. The van der Waals surface area contributed by atoms with Crippen LogP contribution in [0.5, 0.6) is 0 Å². The molecule has 1 aliphatic carbocycles. The number of nitrogens with one attached hydrogen (secondary N) is 1. The van der Waals surface area contributed by atoms with Crippen molar-refractivity contribution in [2.75, 3.05) is 6.54 Å². The van der Waals surface area contributed by atoms with E-state index in [4.69, 9.17) is 0 Å². The number of aryl methyl sites for hydroxylation is 1. The Hall–Kier alpha value is -0.820. The predicted octanol–water partition coefficient (Wildman–Crippen LogP) is 4.53. The molecule has 1 aromatic carbocycles. The molecule has 0 bridgehead atoms. The van der Waals surface area contributed by atoms with Crippen molar-refractivity contribution < 1.29 is 0 Å². The molecule has 1 aromatic rings. The number of benzene rings is 1. The van der Waals surface area contributed by atoms with Crippen molar-refractivity contribution >= 4 is 0 Å².